The molecule has 168 valence electrons. The molecule has 1 unspecified atom stereocenters. The van der Waals surface area contributed by atoms with Crippen LogP contribution in [0.1, 0.15) is 28.9 Å². The first kappa shape index (κ1) is 20.9. The molecular formula is C24H28N4O4. The van der Waals surface area contributed by atoms with Crippen LogP contribution in [0.3, 0.4) is 0 Å². The van der Waals surface area contributed by atoms with Crippen LogP contribution < -0.4 is 10.4 Å². The van der Waals surface area contributed by atoms with Crippen molar-refractivity contribution in [1.82, 2.24) is 15.2 Å². The van der Waals surface area contributed by atoms with Crippen molar-refractivity contribution in [1.29, 1.82) is 0 Å². The van der Waals surface area contributed by atoms with Crippen LogP contribution in [0.4, 0.5) is 5.69 Å². The zero-order valence-electron chi connectivity index (χ0n) is 18.4. The summed E-state index contributed by atoms with van der Waals surface area (Å²) in [7, 11) is 2.02. The molecule has 2 amide bonds. The standard InChI is InChI=1S/C24H28N4O4/c1-16-20-13-19(7-8-21(20)26(2)25-16)17-3-5-18(6-4-17)22(29)27-9-11-28(12-10-27)23(30)24(31)14-32-15-24/h3-8,13,16,25,31H,9-12,14-15H2,1-2H3. The summed E-state index contributed by atoms with van der Waals surface area (Å²) in [6.45, 7) is 3.98. The van der Waals surface area contributed by atoms with Crippen LogP contribution in [0.15, 0.2) is 42.5 Å². The number of amides is 2. The number of fused-ring (bicyclic) bond motifs is 1. The van der Waals surface area contributed by atoms with Crippen molar-refractivity contribution in [3.63, 3.8) is 0 Å². The first-order valence-electron chi connectivity index (χ1n) is 11.0. The molecule has 1 atom stereocenters. The molecule has 3 heterocycles. The first-order chi connectivity index (χ1) is 15.4. The predicted octanol–water partition coefficient (Wildman–Crippen LogP) is 1.41. The maximum atomic E-state index is 13.0. The number of ether oxygens (including phenoxy) is 1. The van der Waals surface area contributed by atoms with Crippen molar-refractivity contribution in [2.75, 3.05) is 51.4 Å². The van der Waals surface area contributed by atoms with Gasteiger partial charge in [-0.3, -0.25) is 9.59 Å². The van der Waals surface area contributed by atoms with Crippen molar-refractivity contribution >= 4 is 17.5 Å². The summed E-state index contributed by atoms with van der Waals surface area (Å²) in [5, 5.41) is 12.2. The molecule has 2 fully saturated rings. The van der Waals surface area contributed by atoms with Crippen LogP contribution >= 0.6 is 0 Å². The van der Waals surface area contributed by atoms with Gasteiger partial charge in [-0.1, -0.05) is 18.2 Å². The van der Waals surface area contributed by atoms with Crippen LogP contribution in [-0.4, -0.2) is 78.8 Å². The van der Waals surface area contributed by atoms with E-state index < -0.39 is 5.60 Å². The van der Waals surface area contributed by atoms with E-state index in [4.69, 9.17) is 4.74 Å². The number of nitrogens with one attached hydrogen (secondary N) is 1. The second kappa shape index (κ2) is 7.88. The van der Waals surface area contributed by atoms with Gasteiger partial charge < -0.3 is 24.7 Å². The Morgan fingerprint density at radius 2 is 1.62 bits per heavy atom. The van der Waals surface area contributed by atoms with E-state index in [1.807, 2.05) is 36.3 Å². The molecule has 2 aromatic rings. The Balaban J connectivity index is 1.24. The fraction of sp³-hybridized carbons (Fsp3) is 0.417. The van der Waals surface area contributed by atoms with E-state index in [9.17, 15) is 14.7 Å². The van der Waals surface area contributed by atoms with Gasteiger partial charge in [0.05, 0.1) is 24.9 Å². The van der Waals surface area contributed by atoms with Gasteiger partial charge in [-0.25, -0.2) is 5.43 Å². The molecule has 0 spiro atoms. The third-order valence-electron chi connectivity index (χ3n) is 6.64. The molecule has 3 aliphatic rings. The minimum Gasteiger partial charge on any atom is -0.376 e. The lowest BCUT2D eigenvalue weighted by molar-refractivity contribution is -0.201. The van der Waals surface area contributed by atoms with Gasteiger partial charge >= 0.3 is 0 Å². The normalized spacial score (nSPS) is 21.8. The van der Waals surface area contributed by atoms with E-state index in [1.54, 1.807) is 9.80 Å². The molecule has 0 radical (unpaired) electrons. The third-order valence-corrected chi connectivity index (χ3v) is 6.64. The Kier molecular flexibility index (Phi) is 5.16. The van der Waals surface area contributed by atoms with Crippen LogP contribution in [0.5, 0.6) is 0 Å². The highest BCUT2D eigenvalue weighted by atomic mass is 16.5. The Bertz CT molecular complexity index is 1040. The fourth-order valence-electron chi connectivity index (χ4n) is 4.63. The number of aliphatic hydroxyl groups is 1. The first-order valence-corrected chi connectivity index (χ1v) is 11.0. The molecule has 32 heavy (non-hydrogen) atoms. The number of anilines is 1. The van der Waals surface area contributed by atoms with Crippen LogP contribution in [0, 0.1) is 0 Å². The molecule has 8 nitrogen and oxygen atoms in total. The Morgan fingerprint density at radius 3 is 2.25 bits per heavy atom. The van der Waals surface area contributed by atoms with Crippen molar-refractivity contribution in [3.05, 3.63) is 53.6 Å². The number of benzene rings is 2. The van der Waals surface area contributed by atoms with E-state index in [-0.39, 0.29) is 31.1 Å². The fourth-order valence-corrected chi connectivity index (χ4v) is 4.63. The van der Waals surface area contributed by atoms with Crippen LogP contribution in [0.2, 0.25) is 0 Å². The zero-order valence-corrected chi connectivity index (χ0v) is 18.4. The topological polar surface area (TPSA) is 85.4 Å². The van der Waals surface area contributed by atoms with Gasteiger partial charge in [-0.2, -0.15) is 0 Å². The summed E-state index contributed by atoms with van der Waals surface area (Å²) >= 11 is 0. The molecule has 2 N–H and O–H groups in total. The van der Waals surface area contributed by atoms with Gasteiger partial charge in [0, 0.05) is 38.8 Å². The molecule has 0 saturated carbocycles. The number of hydrogen-bond acceptors (Lipinski definition) is 6. The van der Waals surface area contributed by atoms with Gasteiger partial charge in [0.2, 0.25) is 0 Å². The molecule has 8 heteroatoms. The monoisotopic (exact) mass is 436 g/mol. The number of rotatable bonds is 3. The second-order valence-electron chi connectivity index (χ2n) is 8.87. The lowest BCUT2D eigenvalue weighted by Gasteiger charge is -2.42. The third kappa shape index (κ3) is 3.54. The summed E-state index contributed by atoms with van der Waals surface area (Å²) in [6, 6.07) is 14.4. The highest BCUT2D eigenvalue weighted by molar-refractivity contribution is 5.95. The Hall–Kier alpha value is -2.94. The number of hydrogen-bond donors (Lipinski definition) is 2. The summed E-state index contributed by atoms with van der Waals surface area (Å²) in [5.41, 5.74) is 7.27. The minimum atomic E-state index is -1.39. The van der Waals surface area contributed by atoms with Gasteiger partial charge in [0.1, 0.15) is 0 Å². The molecule has 2 saturated heterocycles. The quantitative estimate of drug-likeness (QED) is 0.757. The maximum absolute atomic E-state index is 13.0. The van der Waals surface area contributed by atoms with Crippen LogP contribution in [-0.2, 0) is 9.53 Å². The van der Waals surface area contributed by atoms with Crippen molar-refractivity contribution < 1.29 is 19.4 Å². The average molecular weight is 437 g/mol. The molecule has 0 aliphatic carbocycles. The molecular weight excluding hydrogens is 408 g/mol. The van der Waals surface area contributed by atoms with Crippen LogP contribution in [0.25, 0.3) is 11.1 Å². The smallest absolute Gasteiger partial charge is 0.259 e. The highest BCUT2D eigenvalue weighted by Gasteiger charge is 2.46. The zero-order chi connectivity index (χ0) is 22.5. The van der Waals surface area contributed by atoms with Crippen molar-refractivity contribution in [2.45, 2.75) is 18.6 Å². The van der Waals surface area contributed by atoms with E-state index in [0.29, 0.717) is 31.7 Å². The van der Waals surface area contributed by atoms with Gasteiger partial charge in [0.25, 0.3) is 11.8 Å². The molecule has 2 aromatic carbocycles. The predicted molar refractivity (Wildman–Crippen MR) is 120 cm³/mol. The van der Waals surface area contributed by atoms with Crippen molar-refractivity contribution in [3.8, 4) is 11.1 Å². The molecule has 0 aromatic heterocycles. The number of hydrazine groups is 1. The number of carbonyl (C=O) groups is 2. The minimum absolute atomic E-state index is 0.0391. The summed E-state index contributed by atoms with van der Waals surface area (Å²) in [4.78, 5) is 28.8. The Morgan fingerprint density at radius 1 is 1.00 bits per heavy atom. The summed E-state index contributed by atoms with van der Waals surface area (Å²) < 4.78 is 4.97. The molecule has 0 bridgehead atoms. The van der Waals surface area contributed by atoms with E-state index in [0.717, 1.165) is 11.1 Å². The average Bonchev–Trinajstić information content (AvgIpc) is 3.09. The van der Waals surface area contributed by atoms with E-state index in [1.165, 1.54) is 11.3 Å². The molecule has 3 aliphatic heterocycles. The van der Waals surface area contributed by atoms with Gasteiger partial charge in [-0.15, -0.1) is 0 Å². The highest BCUT2D eigenvalue weighted by Crippen LogP contribution is 2.35. The Labute approximate surface area is 187 Å². The number of piperazine rings is 1. The van der Waals surface area contributed by atoms with E-state index in [2.05, 4.69) is 30.5 Å². The second-order valence-corrected chi connectivity index (χ2v) is 8.87. The van der Waals surface area contributed by atoms with Crippen molar-refractivity contribution in [2.24, 2.45) is 0 Å². The summed E-state index contributed by atoms with van der Waals surface area (Å²) in [6.07, 6.45) is 0. The number of nitrogens with zero attached hydrogens (tertiary/aromatic N) is 3. The lowest BCUT2D eigenvalue weighted by Crippen LogP contribution is -2.64. The maximum Gasteiger partial charge on any atom is 0.259 e. The van der Waals surface area contributed by atoms with Gasteiger partial charge in [-0.05, 0) is 47.9 Å². The van der Waals surface area contributed by atoms with E-state index >= 15 is 0 Å². The largest absolute Gasteiger partial charge is 0.376 e. The lowest BCUT2D eigenvalue weighted by atomic mass is 9.98. The number of carbonyl (C=O) groups excluding carboxylic acids is 2. The molecule has 5 rings (SSSR count). The summed E-state index contributed by atoms with van der Waals surface area (Å²) in [5.74, 6) is -0.340. The SMILES string of the molecule is CC1NN(C)c2ccc(-c3ccc(C(=O)N4CCN(C(=O)C5(O)COC5)CC4)cc3)cc21. The van der Waals surface area contributed by atoms with Gasteiger partial charge in [0.15, 0.2) is 5.60 Å².